The first-order valence-electron chi connectivity index (χ1n) is 8.35. The average molecular weight is 451 g/mol. The van der Waals surface area contributed by atoms with E-state index in [-0.39, 0.29) is 40.7 Å². The van der Waals surface area contributed by atoms with E-state index in [1.807, 2.05) is 0 Å². The fourth-order valence-electron chi connectivity index (χ4n) is 2.99. The summed E-state index contributed by atoms with van der Waals surface area (Å²) in [7, 11) is -4.15. The molecular weight excluding hydrogens is 436 g/mol. The number of anilines is 1. The van der Waals surface area contributed by atoms with Crippen molar-refractivity contribution in [2.75, 3.05) is 11.3 Å². The predicted molar refractivity (Wildman–Crippen MR) is 98.6 cm³/mol. The Morgan fingerprint density at radius 1 is 1.17 bits per heavy atom. The number of fused-ring (bicyclic) bond motifs is 1. The second-order valence-corrected chi connectivity index (χ2v) is 8.68. The maximum atomic E-state index is 13.5. The van der Waals surface area contributed by atoms with Crippen LogP contribution >= 0.6 is 11.6 Å². The second kappa shape index (κ2) is 7.49. The summed E-state index contributed by atoms with van der Waals surface area (Å²) in [6.45, 7) is 0.974. The summed E-state index contributed by atoms with van der Waals surface area (Å²) in [5, 5.41) is -0.142. The predicted octanol–water partition coefficient (Wildman–Crippen LogP) is 4.04. The first-order chi connectivity index (χ1) is 13.4. The largest absolute Gasteiger partial charge is 0.471 e. The first-order valence-corrected chi connectivity index (χ1v) is 10.2. The van der Waals surface area contributed by atoms with Gasteiger partial charge in [0, 0.05) is 13.1 Å². The number of hydrogen-bond acceptors (Lipinski definition) is 3. The molecule has 11 heteroatoms. The van der Waals surface area contributed by atoms with E-state index in [9.17, 15) is 30.8 Å². The smallest absolute Gasteiger partial charge is 0.330 e. The Labute approximate surface area is 169 Å². The molecule has 2 aromatic rings. The van der Waals surface area contributed by atoms with Gasteiger partial charge in [0.05, 0.1) is 15.6 Å². The van der Waals surface area contributed by atoms with Gasteiger partial charge in [-0.15, -0.1) is 0 Å². The lowest BCUT2D eigenvalue weighted by atomic mass is 10.00. The first kappa shape index (κ1) is 21.4. The SMILES string of the molecule is Cc1cc(NS(=O)(=O)c2ccc3c(c2)CN(C(=O)C(F)(F)F)CC3)c(Cl)cc1F. The molecule has 5 nitrogen and oxygen atoms in total. The Hall–Kier alpha value is -2.33. The molecule has 0 saturated heterocycles. The summed E-state index contributed by atoms with van der Waals surface area (Å²) in [5.41, 5.74) is 1.11. The fourth-order valence-corrected chi connectivity index (χ4v) is 4.37. The van der Waals surface area contributed by atoms with Crippen LogP contribution in [0.1, 0.15) is 16.7 Å². The van der Waals surface area contributed by atoms with Gasteiger partial charge in [0.2, 0.25) is 0 Å². The molecule has 1 amide bonds. The molecule has 0 aromatic heterocycles. The van der Waals surface area contributed by atoms with Crippen LogP contribution < -0.4 is 4.72 Å². The maximum absolute atomic E-state index is 13.5. The lowest BCUT2D eigenvalue weighted by Gasteiger charge is -2.29. The molecule has 0 fully saturated rings. The van der Waals surface area contributed by atoms with Crippen molar-refractivity contribution in [2.24, 2.45) is 0 Å². The van der Waals surface area contributed by atoms with Gasteiger partial charge in [-0.2, -0.15) is 13.2 Å². The number of carbonyl (C=O) groups is 1. The summed E-state index contributed by atoms with van der Waals surface area (Å²) in [6, 6.07) is 6.24. The highest BCUT2D eigenvalue weighted by Crippen LogP contribution is 2.30. The summed E-state index contributed by atoms with van der Waals surface area (Å²) < 4.78 is 79.2. The molecule has 1 heterocycles. The minimum absolute atomic E-state index is 0.0304. The Kier molecular flexibility index (Phi) is 5.52. The van der Waals surface area contributed by atoms with Crippen molar-refractivity contribution < 1.29 is 30.8 Å². The third-order valence-corrected chi connectivity index (χ3v) is 6.20. The van der Waals surface area contributed by atoms with Gasteiger partial charge in [-0.05, 0) is 54.3 Å². The highest BCUT2D eigenvalue weighted by Gasteiger charge is 2.43. The van der Waals surface area contributed by atoms with Crippen LogP contribution in [-0.4, -0.2) is 31.9 Å². The molecule has 1 N–H and O–H groups in total. The Bertz CT molecular complexity index is 1090. The second-order valence-electron chi connectivity index (χ2n) is 6.59. The summed E-state index contributed by atoms with van der Waals surface area (Å²) >= 11 is 5.89. The minimum atomic E-state index is -5.00. The molecule has 1 aliphatic rings. The van der Waals surface area contributed by atoms with Gasteiger partial charge in [-0.25, -0.2) is 12.8 Å². The van der Waals surface area contributed by atoms with E-state index in [0.29, 0.717) is 16.0 Å². The number of carbonyl (C=O) groups excluding carboxylic acids is 1. The van der Waals surface area contributed by atoms with E-state index in [0.717, 1.165) is 6.07 Å². The van der Waals surface area contributed by atoms with Gasteiger partial charge in [-0.1, -0.05) is 17.7 Å². The van der Waals surface area contributed by atoms with Crippen LogP contribution in [0.3, 0.4) is 0 Å². The van der Waals surface area contributed by atoms with Crippen LogP contribution in [0.4, 0.5) is 23.2 Å². The topological polar surface area (TPSA) is 66.5 Å². The van der Waals surface area contributed by atoms with Gasteiger partial charge in [-0.3, -0.25) is 9.52 Å². The van der Waals surface area contributed by atoms with E-state index in [1.165, 1.54) is 31.2 Å². The van der Waals surface area contributed by atoms with Crippen LogP contribution in [0.15, 0.2) is 35.2 Å². The van der Waals surface area contributed by atoms with E-state index >= 15 is 0 Å². The molecule has 0 saturated carbocycles. The number of hydrogen-bond donors (Lipinski definition) is 1. The van der Waals surface area contributed by atoms with Crippen molar-refractivity contribution in [3.8, 4) is 0 Å². The van der Waals surface area contributed by atoms with Crippen LogP contribution in [-0.2, 0) is 27.8 Å². The van der Waals surface area contributed by atoms with E-state index in [1.54, 1.807) is 0 Å². The molecule has 3 rings (SSSR count). The number of nitrogens with zero attached hydrogens (tertiary/aromatic N) is 1. The molecule has 156 valence electrons. The van der Waals surface area contributed by atoms with Crippen molar-refractivity contribution in [1.82, 2.24) is 4.90 Å². The third-order valence-electron chi connectivity index (χ3n) is 4.52. The molecule has 0 spiro atoms. The lowest BCUT2D eigenvalue weighted by molar-refractivity contribution is -0.186. The average Bonchev–Trinajstić information content (AvgIpc) is 2.63. The zero-order chi connectivity index (χ0) is 21.6. The van der Waals surface area contributed by atoms with Crippen molar-refractivity contribution in [2.45, 2.75) is 31.0 Å². The highest BCUT2D eigenvalue weighted by atomic mass is 35.5. The molecule has 0 aliphatic carbocycles. The standard InChI is InChI=1S/C18H15ClF4N2O3S/c1-10-6-16(14(19)8-15(10)20)24-29(27,28)13-3-2-11-4-5-25(9-12(11)7-13)17(26)18(21,22)23/h2-3,6-8,24H,4-5,9H2,1H3. The van der Waals surface area contributed by atoms with E-state index in [2.05, 4.69) is 4.72 Å². The normalized spacial score (nSPS) is 14.5. The molecule has 0 radical (unpaired) electrons. The maximum Gasteiger partial charge on any atom is 0.471 e. The minimum Gasteiger partial charge on any atom is -0.330 e. The van der Waals surface area contributed by atoms with Gasteiger partial charge in [0.25, 0.3) is 10.0 Å². The number of aryl methyl sites for hydroxylation is 1. The Morgan fingerprint density at radius 2 is 1.86 bits per heavy atom. The summed E-state index contributed by atoms with van der Waals surface area (Å²) in [5.74, 6) is -2.57. The molecule has 2 aromatic carbocycles. The number of amides is 1. The number of nitrogens with one attached hydrogen (secondary N) is 1. The Balaban J connectivity index is 1.89. The monoisotopic (exact) mass is 450 g/mol. The number of halogens is 5. The van der Waals surface area contributed by atoms with Crippen LogP contribution in [0.25, 0.3) is 0 Å². The van der Waals surface area contributed by atoms with Gasteiger partial charge in [0.1, 0.15) is 5.82 Å². The number of benzene rings is 2. The van der Waals surface area contributed by atoms with Crippen molar-refractivity contribution in [1.29, 1.82) is 0 Å². The van der Waals surface area contributed by atoms with Crippen LogP contribution in [0, 0.1) is 12.7 Å². The van der Waals surface area contributed by atoms with Crippen molar-refractivity contribution in [3.05, 3.63) is 57.9 Å². The molecule has 0 bridgehead atoms. The van der Waals surface area contributed by atoms with Gasteiger partial charge < -0.3 is 4.90 Å². The quantitative estimate of drug-likeness (QED) is 0.718. The van der Waals surface area contributed by atoms with Crippen LogP contribution in [0.5, 0.6) is 0 Å². The number of rotatable bonds is 3. The van der Waals surface area contributed by atoms with E-state index in [4.69, 9.17) is 11.6 Å². The molecule has 29 heavy (non-hydrogen) atoms. The highest BCUT2D eigenvalue weighted by molar-refractivity contribution is 7.92. The lowest BCUT2D eigenvalue weighted by Crippen LogP contribution is -2.43. The van der Waals surface area contributed by atoms with Crippen LogP contribution in [0.2, 0.25) is 5.02 Å². The molecule has 0 unspecified atom stereocenters. The zero-order valence-electron chi connectivity index (χ0n) is 15.0. The van der Waals surface area contributed by atoms with E-state index < -0.39 is 27.9 Å². The van der Waals surface area contributed by atoms with Crippen molar-refractivity contribution in [3.63, 3.8) is 0 Å². The summed E-state index contributed by atoms with van der Waals surface area (Å²) in [6.07, 6.45) is -4.83. The molecular formula is C18H15ClF4N2O3S. The number of alkyl halides is 3. The summed E-state index contributed by atoms with van der Waals surface area (Å²) in [4.78, 5) is 11.9. The molecule has 0 atom stereocenters. The fraction of sp³-hybridized carbons (Fsp3) is 0.278. The molecule has 1 aliphatic heterocycles. The third kappa shape index (κ3) is 4.48. The number of sulfonamides is 1. The zero-order valence-corrected chi connectivity index (χ0v) is 16.6. The Morgan fingerprint density at radius 3 is 2.52 bits per heavy atom. The van der Waals surface area contributed by atoms with Gasteiger partial charge >= 0.3 is 12.1 Å². The van der Waals surface area contributed by atoms with Gasteiger partial charge in [0.15, 0.2) is 0 Å². The van der Waals surface area contributed by atoms with Crippen molar-refractivity contribution >= 4 is 33.2 Å².